The third kappa shape index (κ3) is 10.5. The van der Waals surface area contributed by atoms with Crippen molar-refractivity contribution in [3.63, 3.8) is 0 Å². The smallest absolute Gasteiger partial charge is 0.480 e. The van der Waals surface area contributed by atoms with Gasteiger partial charge in [-0.25, -0.2) is 4.79 Å². The number of ether oxygens (including phenoxy) is 4. The molecule has 3 N–H and O–H groups in total. The van der Waals surface area contributed by atoms with Crippen molar-refractivity contribution in [3.05, 3.63) is 54.1 Å². The summed E-state index contributed by atoms with van der Waals surface area (Å²) in [6.07, 6.45) is 0.104. The molecule has 42 heavy (non-hydrogen) atoms. The Bertz CT molecular complexity index is 1200. The Balaban J connectivity index is 2.40. The SMILES string of the molecule is CCC(C)CC(=O)Oc1ccc(C(C(C)C(C)OC(=O)Oc2ccccc2)[C@H](N)C(=O)O)cc1OC(=O)CC(C)CC. The molecule has 0 aliphatic rings. The number of benzene rings is 2. The van der Waals surface area contributed by atoms with Crippen molar-refractivity contribution < 1.29 is 43.2 Å². The highest BCUT2D eigenvalue weighted by atomic mass is 16.7. The summed E-state index contributed by atoms with van der Waals surface area (Å²) in [6, 6.07) is 11.5. The molecule has 0 aliphatic carbocycles. The van der Waals surface area contributed by atoms with E-state index >= 15 is 0 Å². The van der Waals surface area contributed by atoms with Crippen LogP contribution in [0.25, 0.3) is 0 Å². The first-order valence-electron chi connectivity index (χ1n) is 14.3. The van der Waals surface area contributed by atoms with Crippen LogP contribution >= 0.6 is 0 Å². The van der Waals surface area contributed by atoms with Crippen LogP contribution in [0.4, 0.5) is 4.79 Å². The first kappa shape index (κ1) is 34.3. The average molecular weight is 586 g/mol. The van der Waals surface area contributed by atoms with E-state index in [0.717, 1.165) is 12.8 Å². The van der Waals surface area contributed by atoms with E-state index in [0.29, 0.717) is 11.3 Å². The average Bonchev–Trinajstić information content (AvgIpc) is 2.94. The predicted octanol–water partition coefficient (Wildman–Crippen LogP) is 6.11. The lowest BCUT2D eigenvalue weighted by Crippen LogP contribution is -2.43. The molecule has 2 aromatic carbocycles. The van der Waals surface area contributed by atoms with Gasteiger partial charge in [0.2, 0.25) is 0 Å². The normalized spacial score (nSPS) is 15.3. The van der Waals surface area contributed by atoms with E-state index in [9.17, 15) is 24.3 Å². The van der Waals surface area contributed by atoms with Crippen molar-refractivity contribution in [2.45, 2.75) is 85.3 Å². The standard InChI is InChI=1S/C32H43NO9/c1-7-19(3)16-27(34)41-25-15-14-23(18-26(25)42-28(35)17-20(4)8-2)29(30(33)31(36)37)21(5)22(6)39-32(38)40-24-12-10-9-11-13-24/h9-15,18-22,29-30H,7-8,16-17,33H2,1-6H3,(H,36,37)/t19?,20?,21?,22?,29?,30-/m0/s1. The number of hydrogen-bond donors (Lipinski definition) is 2. The number of carbonyl (C=O) groups is 4. The molecule has 0 fully saturated rings. The van der Waals surface area contributed by atoms with Crippen molar-refractivity contribution in [2.24, 2.45) is 23.5 Å². The predicted molar refractivity (Wildman–Crippen MR) is 156 cm³/mol. The number of esters is 2. The van der Waals surface area contributed by atoms with Crippen LogP contribution < -0.4 is 19.9 Å². The number of carbonyl (C=O) groups excluding carboxylic acids is 3. The van der Waals surface area contributed by atoms with E-state index in [1.165, 1.54) is 12.1 Å². The maximum Gasteiger partial charge on any atom is 0.514 e. The molecule has 2 rings (SSSR count). The molecule has 0 aliphatic heterocycles. The summed E-state index contributed by atoms with van der Waals surface area (Å²) in [4.78, 5) is 49.8. The van der Waals surface area contributed by atoms with Gasteiger partial charge in [-0.1, -0.05) is 71.7 Å². The summed E-state index contributed by atoms with van der Waals surface area (Å²) in [6.45, 7) is 11.1. The van der Waals surface area contributed by atoms with Gasteiger partial charge in [0.15, 0.2) is 11.5 Å². The molecule has 0 amide bonds. The number of rotatable bonds is 15. The van der Waals surface area contributed by atoms with Gasteiger partial charge in [-0.15, -0.1) is 0 Å². The molecule has 2 aromatic rings. The summed E-state index contributed by atoms with van der Waals surface area (Å²) in [5.74, 6) is -3.31. The van der Waals surface area contributed by atoms with Crippen LogP contribution in [-0.4, -0.2) is 41.3 Å². The van der Waals surface area contributed by atoms with E-state index in [-0.39, 0.29) is 36.2 Å². The molecule has 0 saturated heterocycles. The fourth-order valence-electron chi connectivity index (χ4n) is 4.23. The lowest BCUT2D eigenvalue weighted by atomic mass is 9.79. The number of carboxylic acids is 1. The lowest BCUT2D eigenvalue weighted by Gasteiger charge is -2.31. The molecule has 10 nitrogen and oxygen atoms in total. The number of aliphatic carboxylic acids is 1. The summed E-state index contributed by atoms with van der Waals surface area (Å²) in [7, 11) is 0. The Morgan fingerprint density at radius 2 is 1.33 bits per heavy atom. The second kappa shape index (κ2) is 16.5. The van der Waals surface area contributed by atoms with Gasteiger partial charge < -0.3 is 29.8 Å². The van der Waals surface area contributed by atoms with Crippen LogP contribution in [0.2, 0.25) is 0 Å². The zero-order valence-electron chi connectivity index (χ0n) is 25.2. The van der Waals surface area contributed by atoms with Crippen LogP contribution in [-0.2, 0) is 19.1 Å². The minimum Gasteiger partial charge on any atom is -0.480 e. The summed E-state index contributed by atoms with van der Waals surface area (Å²) in [5.41, 5.74) is 6.55. The van der Waals surface area contributed by atoms with Crippen molar-refractivity contribution in [2.75, 3.05) is 0 Å². The van der Waals surface area contributed by atoms with Crippen molar-refractivity contribution in [1.29, 1.82) is 0 Å². The zero-order chi connectivity index (χ0) is 31.4. The van der Waals surface area contributed by atoms with Crippen molar-refractivity contribution in [3.8, 4) is 17.2 Å². The molecule has 0 spiro atoms. The fourth-order valence-corrected chi connectivity index (χ4v) is 4.23. The second-order valence-electron chi connectivity index (χ2n) is 10.8. The van der Waals surface area contributed by atoms with Crippen LogP contribution in [0.5, 0.6) is 17.2 Å². The van der Waals surface area contributed by atoms with Gasteiger partial charge in [-0.2, -0.15) is 0 Å². The van der Waals surface area contributed by atoms with Gasteiger partial charge in [-0.3, -0.25) is 14.4 Å². The summed E-state index contributed by atoms with van der Waals surface area (Å²) < 4.78 is 21.9. The molecule has 230 valence electrons. The van der Waals surface area contributed by atoms with Gasteiger partial charge in [0, 0.05) is 24.7 Å². The Labute approximate surface area is 247 Å². The summed E-state index contributed by atoms with van der Waals surface area (Å²) >= 11 is 0. The number of para-hydroxylation sites is 1. The van der Waals surface area contributed by atoms with Gasteiger partial charge in [0.05, 0.1) is 0 Å². The van der Waals surface area contributed by atoms with E-state index in [1.54, 1.807) is 50.2 Å². The molecular formula is C32H43NO9. The van der Waals surface area contributed by atoms with Crippen LogP contribution in [0.15, 0.2) is 48.5 Å². The van der Waals surface area contributed by atoms with Gasteiger partial charge in [0.1, 0.15) is 17.9 Å². The highest BCUT2D eigenvalue weighted by Crippen LogP contribution is 2.37. The van der Waals surface area contributed by atoms with Gasteiger partial charge in [-0.05, 0) is 48.6 Å². The molecule has 0 aromatic heterocycles. The van der Waals surface area contributed by atoms with Crippen LogP contribution in [0.3, 0.4) is 0 Å². The zero-order valence-corrected chi connectivity index (χ0v) is 25.2. The van der Waals surface area contributed by atoms with E-state index in [4.69, 9.17) is 24.7 Å². The topological polar surface area (TPSA) is 151 Å². The van der Waals surface area contributed by atoms with Crippen molar-refractivity contribution in [1.82, 2.24) is 0 Å². The fraction of sp³-hybridized carbons (Fsp3) is 0.500. The molecule has 10 heteroatoms. The number of carboxylic acid groups (broad SMARTS) is 1. The number of hydrogen-bond acceptors (Lipinski definition) is 9. The summed E-state index contributed by atoms with van der Waals surface area (Å²) in [5, 5.41) is 9.83. The first-order valence-corrected chi connectivity index (χ1v) is 14.3. The molecule has 0 radical (unpaired) electrons. The second-order valence-corrected chi connectivity index (χ2v) is 10.8. The minimum absolute atomic E-state index is 0.0230. The highest BCUT2D eigenvalue weighted by molar-refractivity contribution is 5.77. The van der Waals surface area contributed by atoms with Crippen molar-refractivity contribution >= 4 is 24.1 Å². The third-order valence-electron chi connectivity index (χ3n) is 7.43. The minimum atomic E-state index is -1.40. The van der Waals surface area contributed by atoms with Gasteiger partial charge >= 0.3 is 24.1 Å². The highest BCUT2D eigenvalue weighted by Gasteiger charge is 2.36. The molecule has 6 atom stereocenters. The third-order valence-corrected chi connectivity index (χ3v) is 7.43. The molecule has 0 bridgehead atoms. The quantitative estimate of drug-likeness (QED) is 0.142. The molecule has 0 heterocycles. The Hall–Kier alpha value is -3.92. The van der Waals surface area contributed by atoms with Gasteiger partial charge in [0.25, 0.3) is 0 Å². The van der Waals surface area contributed by atoms with Crippen LogP contribution in [0.1, 0.15) is 78.7 Å². The van der Waals surface area contributed by atoms with E-state index < -0.39 is 48.0 Å². The monoisotopic (exact) mass is 585 g/mol. The first-order chi connectivity index (χ1) is 19.9. The number of nitrogens with two attached hydrogens (primary N) is 1. The Morgan fingerprint density at radius 3 is 1.86 bits per heavy atom. The maximum absolute atomic E-state index is 12.7. The van der Waals surface area contributed by atoms with Crippen LogP contribution in [0, 0.1) is 17.8 Å². The Morgan fingerprint density at radius 1 is 0.786 bits per heavy atom. The molecular weight excluding hydrogens is 542 g/mol. The van der Waals surface area contributed by atoms with E-state index in [2.05, 4.69) is 0 Å². The van der Waals surface area contributed by atoms with E-state index in [1.807, 2.05) is 27.7 Å². The maximum atomic E-state index is 12.7. The molecule has 5 unspecified atom stereocenters. The largest absolute Gasteiger partial charge is 0.514 e. The lowest BCUT2D eigenvalue weighted by molar-refractivity contribution is -0.140. The molecule has 0 saturated carbocycles. The Kier molecular flexibility index (Phi) is 13.5.